The van der Waals surface area contributed by atoms with Crippen LogP contribution in [0.15, 0.2) is 6.07 Å². The van der Waals surface area contributed by atoms with E-state index in [2.05, 4.69) is 25.8 Å². The first-order chi connectivity index (χ1) is 9.28. The first-order valence-corrected chi connectivity index (χ1v) is 7.35. The average molecular weight is 261 g/mol. The highest BCUT2D eigenvalue weighted by Crippen LogP contribution is 2.27. The molecular formula is C14H23N5. The molecule has 19 heavy (non-hydrogen) atoms. The van der Waals surface area contributed by atoms with Gasteiger partial charge in [-0.1, -0.05) is 0 Å². The van der Waals surface area contributed by atoms with Gasteiger partial charge in [-0.15, -0.1) is 0 Å². The lowest BCUT2D eigenvalue weighted by molar-refractivity contribution is 0.669. The summed E-state index contributed by atoms with van der Waals surface area (Å²) >= 11 is 0. The van der Waals surface area contributed by atoms with Crippen molar-refractivity contribution in [2.75, 3.05) is 36.0 Å². The standard InChI is InChI=1S/C14H23N5/c1-11-16-13(18-6-2-3-7-18)9-14(17-11)19-8-4-5-12(19)10-15/h9,12H,2-8,10,15H2,1H3. The minimum atomic E-state index is 0.445. The first kappa shape index (κ1) is 12.7. The maximum absolute atomic E-state index is 5.86. The second-order valence-corrected chi connectivity index (χ2v) is 5.55. The summed E-state index contributed by atoms with van der Waals surface area (Å²) in [6.07, 6.45) is 4.93. The molecule has 0 amide bonds. The third-order valence-corrected chi connectivity index (χ3v) is 4.18. The van der Waals surface area contributed by atoms with Crippen molar-refractivity contribution in [1.82, 2.24) is 9.97 Å². The molecule has 3 rings (SSSR count). The zero-order chi connectivity index (χ0) is 13.2. The molecule has 3 heterocycles. The van der Waals surface area contributed by atoms with E-state index < -0.39 is 0 Å². The van der Waals surface area contributed by atoms with Crippen LogP contribution in [0.1, 0.15) is 31.5 Å². The molecular weight excluding hydrogens is 238 g/mol. The molecule has 104 valence electrons. The second-order valence-electron chi connectivity index (χ2n) is 5.55. The third kappa shape index (κ3) is 2.52. The lowest BCUT2D eigenvalue weighted by atomic mass is 10.2. The summed E-state index contributed by atoms with van der Waals surface area (Å²) in [7, 11) is 0. The van der Waals surface area contributed by atoms with Gasteiger partial charge in [0.2, 0.25) is 0 Å². The highest BCUT2D eigenvalue weighted by atomic mass is 15.3. The van der Waals surface area contributed by atoms with E-state index in [1.165, 1.54) is 25.7 Å². The third-order valence-electron chi connectivity index (χ3n) is 4.18. The van der Waals surface area contributed by atoms with Crippen LogP contribution in [0.5, 0.6) is 0 Å². The SMILES string of the molecule is Cc1nc(N2CCCC2)cc(N2CCCC2CN)n1. The fraction of sp³-hybridized carbons (Fsp3) is 0.714. The Balaban J connectivity index is 1.88. The Morgan fingerprint density at radius 1 is 1.16 bits per heavy atom. The molecule has 0 aromatic carbocycles. The van der Waals surface area contributed by atoms with Gasteiger partial charge in [-0.25, -0.2) is 9.97 Å². The molecule has 2 saturated heterocycles. The molecule has 0 aliphatic carbocycles. The van der Waals surface area contributed by atoms with Gasteiger partial charge in [-0.3, -0.25) is 0 Å². The van der Waals surface area contributed by atoms with Crippen LogP contribution in [0.25, 0.3) is 0 Å². The number of nitrogens with two attached hydrogens (primary N) is 1. The van der Waals surface area contributed by atoms with Crippen LogP contribution >= 0.6 is 0 Å². The average Bonchev–Trinajstić information content (AvgIpc) is 3.09. The number of hydrogen-bond donors (Lipinski definition) is 1. The summed E-state index contributed by atoms with van der Waals surface area (Å²) in [4.78, 5) is 13.9. The Morgan fingerprint density at radius 2 is 1.89 bits per heavy atom. The van der Waals surface area contributed by atoms with Crippen LogP contribution < -0.4 is 15.5 Å². The van der Waals surface area contributed by atoms with Crippen molar-refractivity contribution >= 4 is 11.6 Å². The molecule has 0 saturated carbocycles. The van der Waals surface area contributed by atoms with Crippen LogP contribution in [0, 0.1) is 6.92 Å². The molecule has 0 radical (unpaired) electrons. The van der Waals surface area contributed by atoms with Crippen molar-refractivity contribution < 1.29 is 0 Å². The molecule has 2 aliphatic rings. The minimum absolute atomic E-state index is 0.445. The van der Waals surface area contributed by atoms with E-state index in [-0.39, 0.29) is 0 Å². The van der Waals surface area contributed by atoms with Gasteiger partial charge >= 0.3 is 0 Å². The minimum Gasteiger partial charge on any atom is -0.356 e. The molecule has 5 heteroatoms. The van der Waals surface area contributed by atoms with Gasteiger partial charge in [-0.2, -0.15) is 0 Å². The summed E-state index contributed by atoms with van der Waals surface area (Å²) < 4.78 is 0. The lowest BCUT2D eigenvalue weighted by Crippen LogP contribution is -2.36. The van der Waals surface area contributed by atoms with Crippen molar-refractivity contribution in [3.8, 4) is 0 Å². The molecule has 1 aromatic rings. The zero-order valence-electron chi connectivity index (χ0n) is 11.7. The quantitative estimate of drug-likeness (QED) is 0.889. The van der Waals surface area contributed by atoms with E-state index in [1.54, 1.807) is 0 Å². The summed E-state index contributed by atoms with van der Waals surface area (Å²) in [5.74, 6) is 3.01. The molecule has 0 bridgehead atoms. The maximum atomic E-state index is 5.86. The van der Waals surface area contributed by atoms with Gasteiger partial charge in [0.05, 0.1) is 0 Å². The van der Waals surface area contributed by atoms with Gasteiger partial charge in [0.1, 0.15) is 17.5 Å². The van der Waals surface area contributed by atoms with E-state index in [0.29, 0.717) is 12.6 Å². The fourth-order valence-corrected chi connectivity index (χ4v) is 3.17. The summed E-state index contributed by atoms with van der Waals surface area (Å²) in [6, 6.07) is 2.59. The van der Waals surface area contributed by atoms with Crippen molar-refractivity contribution in [2.24, 2.45) is 5.73 Å². The van der Waals surface area contributed by atoms with Gasteiger partial charge < -0.3 is 15.5 Å². The van der Waals surface area contributed by atoms with Crippen molar-refractivity contribution in [3.05, 3.63) is 11.9 Å². The predicted molar refractivity (Wildman–Crippen MR) is 77.6 cm³/mol. The van der Waals surface area contributed by atoms with Crippen LogP contribution in [0.3, 0.4) is 0 Å². The highest BCUT2D eigenvalue weighted by Gasteiger charge is 2.25. The van der Waals surface area contributed by atoms with Gasteiger partial charge in [0.15, 0.2) is 0 Å². The second kappa shape index (κ2) is 5.33. The Kier molecular flexibility index (Phi) is 3.55. The Morgan fingerprint density at radius 3 is 2.63 bits per heavy atom. The number of aryl methyl sites for hydroxylation is 1. The van der Waals surface area contributed by atoms with Crippen LogP contribution in [-0.4, -0.2) is 42.2 Å². The summed E-state index contributed by atoms with van der Waals surface area (Å²) in [5.41, 5.74) is 5.86. The molecule has 1 atom stereocenters. The van der Waals surface area contributed by atoms with Gasteiger partial charge in [0.25, 0.3) is 0 Å². The fourth-order valence-electron chi connectivity index (χ4n) is 3.17. The van der Waals surface area contributed by atoms with Crippen LogP contribution in [0.4, 0.5) is 11.6 Å². The number of nitrogens with zero attached hydrogens (tertiary/aromatic N) is 4. The molecule has 0 spiro atoms. The van der Waals surface area contributed by atoms with Gasteiger partial charge in [-0.05, 0) is 32.6 Å². The van der Waals surface area contributed by atoms with E-state index in [9.17, 15) is 0 Å². The zero-order valence-corrected chi connectivity index (χ0v) is 11.7. The number of hydrogen-bond acceptors (Lipinski definition) is 5. The van der Waals surface area contributed by atoms with Crippen molar-refractivity contribution in [2.45, 2.75) is 38.6 Å². The van der Waals surface area contributed by atoms with Crippen molar-refractivity contribution in [1.29, 1.82) is 0 Å². The molecule has 2 N–H and O–H groups in total. The monoisotopic (exact) mass is 261 g/mol. The number of aromatic nitrogens is 2. The largest absolute Gasteiger partial charge is 0.356 e. The Labute approximate surface area is 114 Å². The molecule has 2 aliphatic heterocycles. The van der Waals surface area contributed by atoms with Crippen LogP contribution in [0.2, 0.25) is 0 Å². The Bertz CT molecular complexity index is 441. The number of anilines is 2. The van der Waals surface area contributed by atoms with E-state index >= 15 is 0 Å². The summed E-state index contributed by atoms with van der Waals surface area (Å²) in [5, 5.41) is 0. The van der Waals surface area contributed by atoms with Crippen molar-refractivity contribution in [3.63, 3.8) is 0 Å². The van der Waals surface area contributed by atoms with E-state index in [4.69, 9.17) is 5.73 Å². The topological polar surface area (TPSA) is 58.3 Å². The maximum Gasteiger partial charge on any atom is 0.134 e. The van der Waals surface area contributed by atoms with E-state index in [1.807, 2.05) is 6.92 Å². The predicted octanol–water partition coefficient (Wildman–Crippen LogP) is 1.31. The first-order valence-electron chi connectivity index (χ1n) is 7.35. The molecule has 1 unspecified atom stereocenters. The van der Waals surface area contributed by atoms with E-state index in [0.717, 1.165) is 37.1 Å². The van der Waals surface area contributed by atoms with Crippen LogP contribution in [-0.2, 0) is 0 Å². The highest BCUT2D eigenvalue weighted by molar-refractivity contribution is 5.52. The summed E-state index contributed by atoms with van der Waals surface area (Å²) in [6.45, 7) is 6.00. The molecule has 5 nitrogen and oxygen atoms in total. The molecule has 1 aromatic heterocycles. The lowest BCUT2D eigenvalue weighted by Gasteiger charge is -2.26. The smallest absolute Gasteiger partial charge is 0.134 e. The number of rotatable bonds is 3. The normalized spacial score (nSPS) is 23.4. The Hall–Kier alpha value is -1.36. The van der Waals surface area contributed by atoms with Gasteiger partial charge in [0, 0.05) is 38.3 Å². The molecule has 2 fully saturated rings.